The quantitative estimate of drug-likeness (QED) is 0.188. The fourth-order valence-electron chi connectivity index (χ4n) is 7.93. The van der Waals surface area contributed by atoms with Gasteiger partial charge in [0.15, 0.2) is 0 Å². The summed E-state index contributed by atoms with van der Waals surface area (Å²) in [7, 11) is -2.08. The molecule has 1 aliphatic rings. The van der Waals surface area contributed by atoms with Crippen molar-refractivity contribution in [2.75, 3.05) is 0 Å². The van der Waals surface area contributed by atoms with E-state index in [0.29, 0.717) is 4.66 Å². The Labute approximate surface area is 226 Å². The predicted octanol–water partition coefficient (Wildman–Crippen LogP) is 9.82. The lowest BCUT2D eigenvalue weighted by atomic mass is 9.88. The number of hydrogen-bond acceptors (Lipinski definition) is 0. The first kappa shape index (κ1) is 29.3. The van der Waals surface area contributed by atoms with Crippen LogP contribution >= 0.6 is 8.58 Å². The molecule has 0 saturated heterocycles. The van der Waals surface area contributed by atoms with Gasteiger partial charge in [0.05, 0.1) is 16.1 Å². The zero-order valence-electron chi connectivity index (χ0n) is 24.1. The second-order valence-corrected chi connectivity index (χ2v) is 24.3. The van der Waals surface area contributed by atoms with Gasteiger partial charge in [-0.05, 0) is 52.1 Å². The minimum absolute atomic E-state index is 0.629. The standard InChI is InChI=1S/C33H51PSi2/c1-8-35(9-2,10-3)33(36(11-4,12-5)13-6)26-25-28(7)30(27-33)22-19-29-20-23-32(24-21-29)34-31-17-15-14-16-18-31/h14-18,20-24,34H,7-13,19,25-27H2,1-6H3/b30-22-. The second-order valence-electron chi connectivity index (χ2n) is 11.2. The average molecular weight is 535 g/mol. The third-order valence-electron chi connectivity index (χ3n) is 10.5. The molecule has 1 atom stereocenters. The van der Waals surface area contributed by atoms with Crippen molar-refractivity contribution in [1.29, 1.82) is 0 Å². The summed E-state index contributed by atoms with van der Waals surface area (Å²) < 4.78 is 0.629. The Morgan fingerprint density at radius 3 is 1.75 bits per heavy atom. The summed E-state index contributed by atoms with van der Waals surface area (Å²) in [6, 6.07) is 29.0. The molecule has 0 aliphatic heterocycles. The molecule has 0 aromatic heterocycles. The molecule has 2 aromatic rings. The summed E-state index contributed by atoms with van der Waals surface area (Å²) in [6.45, 7) is 19.9. The third-order valence-corrected chi connectivity index (χ3v) is 28.0. The first-order valence-corrected chi connectivity index (χ1v) is 20.9. The lowest BCUT2D eigenvalue weighted by molar-refractivity contribution is 0.557. The van der Waals surface area contributed by atoms with Crippen molar-refractivity contribution in [2.45, 2.75) is 108 Å². The molecule has 0 N–H and O–H groups in total. The van der Waals surface area contributed by atoms with Gasteiger partial charge in [0.25, 0.3) is 0 Å². The second kappa shape index (κ2) is 13.0. The lowest BCUT2D eigenvalue weighted by Crippen LogP contribution is -2.62. The molecule has 196 valence electrons. The highest BCUT2D eigenvalue weighted by atomic mass is 31.1. The van der Waals surface area contributed by atoms with Gasteiger partial charge in [-0.2, -0.15) is 0 Å². The van der Waals surface area contributed by atoms with Gasteiger partial charge in [-0.1, -0.05) is 159 Å². The van der Waals surface area contributed by atoms with Gasteiger partial charge >= 0.3 is 0 Å². The smallest absolute Gasteiger partial charge is 0.0567 e. The van der Waals surface area contributed by atoms with Crippen LogP contribution in [0.1, 0.15) is 66.4 Å². The Morgan fingerprint density at radius 2 is 1.25 bits per heavy atom. The van der Waals surface area contributed by atoms with E-state index in [4.69, 9.17) is 0 Å². The number of benzene rings is 2. The molecular formula is C33H51PSi2. The van der Waals surface area contributed by atoms with Gasteiger partial charge in [-0.25, -0.2) is 0 Å². The third kappa shape index (κ3) is 5.62. The SMILES string of the molecule is C=C1CCC([Si](CC)(CC)CC)([Si](CC)(CC)CC)C/C1=C/Cc1ccc(Pc2ccccc2)cc1. The molecule has 2 aromatic carbocycles. The fourth-order valence-corrected chi connectivity index (χ4v) is 26.1. The molecule has 0 amide bonds. The molecule has 0 nitrogen and oxygen atoms in total. The van der Waals surface area contributed by atoms with Crippen molar-refractivity contribution in [1.82, 2.24) is 0 Å². The van der Waals surface area contributed by atoms with Crippen LogP contribution in [0.15, 0.2) is 78.4 Å². The molecule has 3 heteroatoms. The first-order valence-electron chi connectivity index (χ1n) is 14.7. The highest BCUT2D eigenvalue weighted by Gasteiger charge is 2.60. The Balaban J connectivity index is 1.90. The molecule has 3 rings (SSSR count). The van der Waals surface area contributed by atoms with Crippen LogP contribution in [0.25, 0.3) is 0 Å². The van der Waals surface area contributed by atoms with Crippen LogP contribution in [-0.4, -0.2) is 16.1 Å². The largest absolute Gasteiger partial charge is 0.0956 e. The molecule has 1 fully saturated rings. The van der Waals surface area contributed by atoms with E-state index in [-0.39, 0.29) is 0 Å². The monoisotopic (exact) mass is 534 g/mol. The van der Waals surface area contributed by atoms with Gasteiger partial charge in [0.1, 0.15) is 0 Å². The van der Waals surface area contributed by atoms with Crippen LogP contribution in [0.2, 0.25) is 40.9 Å². The van der Waals surface area contributed by atoms with E-state index in [1.165, 1.54) is 77.3 Å². The predicted molar refractivity (Wildman–Crippen MR) is 172 cm³/mol. The summed E-state index contributed by atoms with van der Waals surface area (Å²) in [5.41, 5.74) is 4.49. The van der Waals surface area contributed by atoms with Crippen LogP contribution in [0.5, 0.6) is 0 Å². The zero-order valence-corrected chi connectivity index (χ0v) is 27.1. The van der Waals surface area contributed by atoms with E-state index in [1.807, 2.05) is 0 Å². The van der Waals surface area contributed by atoms with E-state index in [9.17, 15) is 0 Å². The van der Waals surface area contributed by atoms with E-state index >= 15 is 0 Å². The molecule has 1 saturated carbocycles. The Kier molecular flexibility index (Phi) is 10.6. The summed E-state index contributed by atoms with van der Waals surface area (Å²) in [4.78, 5) is 0. The minimum Gasteiger partial charge on any atom is -0.0956 e. The Morgan fingerprint density at radius 1 is 0.750 bits per heavy atom. The molecule has 36 heavy (non-hydrogen) atoms. The highest BCUT2D eigenvalue weighted by molar-refractivity contribution is 7.55. The average Bonchev–Trinajstić information content (AvgIpc) is 2.93. The van der Waals surface area contributed by atoms with E-state index in [1.54, 1.807) is 5.57 Å². The minimum atomic E-state index is -1.41. The molecule has 1 unspecified atom stereocenters. The summed E-state index contributed by atoms with van der Waals surface area (Å²) >= 11 is 0. The summed E-state index contributed by atoms with van der Waals surface area (Å²) in [6.07, 6.45) is 7.62. The van der Waals surface area contributed by atoms with Crippen LogP contribution in [0.4, 0.5) is 0 Å². The van der Waals surface area contributed by atoms with Gasteiger partial charge in [-0.3, -0.25) is 0 Å². The topological polar surface area (TPSA) is 0 Å². The Bertz CT molecular complexity index is 961. The van der Waals surface area contributed by atoms with Crippen molar-refractivity contribution in [3.05, 3.63) is 84.0 Å². The molecule has 0 heterocycles. The van der Waals surface area contributed by atoms with Crippen LogP contribution in [-0.2, 0) is 6.42 Å². The van der Waals surface area contributed by atoms with E-state index in [2.05, 4.69) is 109 Å². The van der Waals surface area contributed by atoms with Crippen molar-refractivity contribution >= 4 is 35.3 Å². The van der Waals surface area contributed by atoms with Crippen molar-refractivity contribution in [2.24, 2.45) is 0 Å². The zero-order chi connectivity index (χ0) is 26.2. The van der Waals surface area contributed by atoms with E-state index < -0.39 is 16.1 Å². The molecule has 1 aliphatic carbocycles. The molecule has 0 bridgehead atoms. The van der Waals surface area contributed by atoms with Crippen molar-refractivity contribution < 1.29 is 0 Å². The van der Waals surface area contributed by atoms with Crippen molar-refractivity contribution in [3.63, 3.8) is 0 Å². The summed E-state index contributed by atoms with van der Waals surface area (Å²) in [5.74, 6) is 0. The maximum Gasteiger partial charge on any atom is 0.0567 e. The fraction of sp³-hybridized carbons (Fsp3) is 0.515. The van der Waals surface area contributed by atoms with E-state index in [0.717, 1.165) is 15.0 Å². The Hall–Kier alpha value is -1.22. The molecular weight excluding hydrogens is 484 g/mol. The molecule has 0 radical (unpaired) electrons. The molecule has 0 spiro atoms. The van der Waals surface area contributed by atoms with Crippen LogP contribution in [0.3, 0.4) is 0 Å². The van der Waals surface area contributed by atoms with Crippen molar-refractivity contribution in [3.8, 4) is 0 Å². The normalized spacial score (nSPS) is 17.8. The van der Waals surface area contributed by atoms with Gasteiger partial charge in [-0.15, -0.1) is 0 Å². The van der Waals surface area contributed by atoms with Crippen LogP contribution in [0, 0.1) is 0 Å². The maximum absolute atomic E-state index is 4.62. The van der Waals surface area contributed by atoms with Gasteiger partial charge in [0, 0.05) is 0 Å². The van der Waals surface area contributed by atoms with Gasteiger partial charge in [0.2, 0.25) is 0 Å². The maximum atomic E-state index is 4.62. The number of hydrogen-bond donors (Lipinski definition) is 0. The highest BCUT2D eigenvalue weighted by Crippen LogP contribution is 2.65. The van der Waals surface area contributed by atoms with Gasteiger partial charge < -0.3 is 0 Å². The number of allylic oxidation sites excluding steroid dienone is 3. The van der Waals surface area contributed by atoms with Crippen LogP contribution < -0.4 is 10.6 Å². The first-order chi connectivity index (χ1) is 17.4. The number of rotatable bonds is 12. The lowest BCUT2D eigenvalue weighted by Gasteiger charge is -2.61. The summed E-state index contributed by atoms with van der Waals surface area (Å²) in [5, 5.41) is 2.83.